The number of rotatable bonds is 1. The second kappa shape index (κ2) is 3.86. The van der Waals surface area contributed by atoms with Crippen molar-refractivity contribution in [1.29, 1.82) is 0 Å². The molecule has 0 radical (unpaired) electrons. The van der Waals surface area contributed by atoms with E-state index in [4.69, 9.17) is 4.52 Å². The monoisotopic (exact) mass is 234 g/mol. The molecule has 3 rings (SSSR count). The van der Waals surface area contributed by atoms with Gasteiger partial charge in [-0.05, 0) is 38.5 Å². The van der Waals surface area contributed by atoms with Gasteiger partial charge in [0.1, 0.15) is 11.3 Å². The zero-order valence-corrected chi connectivity index (χ0v) is 10.4. The fraction of sp³-hybridized carbons (Fsp3) is 0.692. The van der Waals surface area contributed by atoms with Crippen molar-refractivity contribution in [2.24, 2.45) is 11.8 Å². The van der Waals surface area contributed by atoms with Crippen LogP contribution in [-0.2, 0) is 0 Å². The molecule has 1 saturated heterocycles. The number of nitrogens with zero attached hydrogens (tertiary/aromatic N) is 2. The average molecular weight is 234 g/mol. The SMILES string of the molecule is Cc1noc(C)c1C(=O)N1CC2CCCC2C1. The number of carbonyl (C=O) groups excluding carboxylic acids is 1. The summed E-state index contributed by atoms with van der Waals surface area (Å²) in [5.74, 6) is 2.22. The molecule has 2 unspecified atom stereocenters. The van der Waals surface area contributed by atoms with Crippen LogP contribution in [0.1, 0.15) is 41.1 Å². The number of hydrogen-bond donors (Lipinski definition) is 0. The number of carbonyl (C=O) groups is 1. The molecule has 0 aromatic carbocycles. The summed E-state index contributed by atoms with van der Waals surface area (Å²) in [5, 5.41) is 3.86. The Kier molecular flexibility index (Phi) is 2.45. The van der Waals surface area contributed by atoms with Gasteiger partial charge in [-0.15, -0.1) is 0 Å². The highest BCUT2D eigenvalue weighted by Crippen LogP contribution is 2.38. The third-order valence-electron chi connectivity index (χ3n) is 4.26. The Labute approximate surface area is 101 Å². The molecule has 1 aromatic rings. The van der Waals surface area contributed by atoms with Crippen molar-refractivity contribution in [3.8, 4) is 0 Å². The van der Waals surface area contributed by atoms with Gasteiger partial charge in [-0.3, -0.25) is 4.79 Å². The number of likely N-dealkylation sites (tertiary alicyclic amines) is 1. The summed E-state index contributed by atoms with van der Waals surface area (Å²) in [6.45, 7) is 5.49. The number of hydrogen-bond acceptors (Lipinski definition) is 3. The Balaban J connectivity index is 1.80. The highest BCUT2D eigenvalue weighted by Gasteiger charge is 2.39. The quantitative estimate of drug-likeness (QED) is 0.748. The molecule has 1 aromatic heterocycles. The van der Waals surface area contributed by atoms with Crippen LogP contribution in [0.5, 0.6) is 0 Å². The van der Waals surface area contributed by atoms with Crippen LogP contribution in [0.3, 0.4) is 0 Å². The van der Waals surface area contributed by atoms with Crippen LogP contribution in [0.2, 0.25) is 0 Å². The summed E-state index contributed by atoms with van der Waals surface area (Å²) in [6, 6.07) is 0. The lowest BCUT2D eigenvalue weighted by Gasteiger charge is -2.16. The first-order valence-electron chi connectivity index (χ1n) is 6.39. The molecule has 1 saturated carbocycles. The zero-order chi connectivity index (χ0) is 12.0. The molecule has 1 amide bonds. The maximum absolute atomic E-state index is 12.4. The maximum atomic E-state index is 12.4. The molecule has 2 heterocycles. The minimum atomic E-state index is 0.107. The van der Waals surface area contributed by atoms with Gasteiger partial charge in [-0.1, -0.05) is 11.6 Å². The minimum Gasteiger partial charge on any atom is -0.361 e. The van der Waals surface area contributed by atoms with Gasteiger partial charge in [0.2, 0.25) is 0 Å². The van der Waals surface area contributed by atoms with Crippen LogP contribution in [-0.4, -0.2) is 29.1 Å². The molecule has 0 spiro atoms. The molecule has 2 fully saturated rings. The Hall–Kier alpha value is -1.32. The van der Waals surface area contributed by atoms with E-state index in [1.54, 1.807) is 0 Å². The minimum absolute atomic E-state index is 0.107. The highest BCUT2D eigenvalue weighted by molar-refractivity contribution is 5.96. The van der Waals surface area contributed by atoms with Crippen molar-refractivity contribution >= 4 is 5.91 Å². The summed E-state index contributed by atoms with van der Waals surface area (Å²) >= 11 is 0. The van der Waals surface area contributed by atoms with Crippen LogP contribution in [0.25, 0.3) is 0 Å². The van der Waals surface area contributed by atoms with Crippen molar-refractivity contribution in [3.63, 3.8) is 0 Å². The third-order valence-corrected chi connectivity index (χ3v) is 4.26. The summed E-state index contributed by atoms with van der Waals surface area (Å²) in [5.41, 5.74) is 1.38. The lowest BCUT2D eigenvalue weighted by molar-refractivity contribution is 0.0778. The van der Waals surface area contributed by atoms with Gasteiger partial charge < -0.3 is 9.42 Å². The lowest BCUT2D eigenvalue weighted by atomic mass is 10.0. The van der Waals surface area contributed by atoms with E-state index in [1.807, 2.05) is 18.7 Å². The van der Waals surface area contributed by atoms with Gasteiger partial charge in [0, 0.05) is 13.1 Å². The summed E-state index contributed by atoms with van der Waals surface area (Å²) in [6.07, 6.45) is 3.91. The fourth-order valence-corrected chi connectivity index (χ4v) is 3.35. The Morgan fingerprint density at radius 1 is 1.29 bits per heavy atom. The van der Waals surface area contributed by atoms with Crippen molar-refractivity contribution in [2.75, 3.05) is 13.1 Å². The molecule has 1 aliphatic heterocycles. The Bertz CT molecular complexity index is 421. The molecule has 0 N–H and O–H groups in total. The van der Waals surface area contributed by atoms with Crippen molar-refractivity contribution in [2.45, 2.75) is 33.1 Å². The summed E-state index contributed by atoms with van der Waals surface area (Å²) in [4.78, 5) is 14.4. The zero-order valence-electron chi connectivity index (χ0n) is 10.4. The number of aryl methyl sites for hydroxylation is 2. The van der Waals surface area contributed by atoms with Gasteiger partial charge in [-0.2, -0.15) is 0 Å². The van der Waals surface area contributed by atoms with E-state index >= 15 is 0 Å². The standard InChI is InChI=1S/C13H18N2O2/c1-8-12(9(2)17-14-8)13(16)15-6-10-4-3-5-11(10)7-15/h10-11H,3-7H2,1-2H3. The first-order chi connectivity index (χ1) is 8.16. The van der Waals surface area contributed by atoms with E-state index in [0.29, 0.717) is 17.0 Å². The number of aromatic nitrogens is 1. The fourth-order valence-electron chi connectivity index (χ4n) is 3.35. The van der Waals surface area contributed by atoms with Crippen molar-refractivity contribution in [1.82, 2.24) is 10.1 Å². The number of fused-ring (bicyclic) bond motifs is 1. The molecule has 2 atom stereocenters. The van der Waals surface area contributed by atoms with Gasteiger partial charge in [0.05, 0.1) is 5.69 Å². The number of amides is 1. The van der Waals surface area contributed by atoms with E-state index < -0.39 is 0 Å². The normalized spacial score (nSPS) is 27.5. The molecule has 92 valence electrons. The third kappa shape index (κ3) is 1.66. The van der Waals surface area contributed by atoms with E-state index in [1.165, 1.54) is 19.3 Å². The molecule has 1 aliphatic carbocycles. The summed E-state index contributed by atoms with van der Waals surface area (Å²) in [7, 11) is 0. The molecular formula is C13H18N2O2. The van der Waals surface area contributed by atoms with E-state index in [9.17, 15) is 4.79 Å². The van der Waals surface area contributed by atoms with E-state index in [-0.39, 0.29) is 5.91 Å². The summed E-state index contributed by atoms with van der Waals surface area (Å²) < 4.78 is 5.07. The Morgan fingerprint density at radius 3 is 2.47 bits per heavy atom. The highest BCUT2D eigenvalue weighted by atomic mass is 16.5. The van der Waals surface area contributed by atoms with Crippen molar-refractivity contribution < 1.29 is 9.32 Å². The predicted octanol–water partition coefficient (Wildman–Crippen LogP) is 2.16. The van der Waals surface area contributed by atoms with E-state index in [2.05, 4.69) is 5.16 Å². The van der Waals surface area contributed by atoms with E-state index in [0.717, 1.165) is 24.9 Å². The first kappa shape index (κ1) is 10.8. The molecular weight excluding hydrogens is 216 g/mol. The van der Waals surface area contributed by atoms with Crippen LogP contribution >= 0.6 is 0 Å². The average Bonchev–Trinajstić information content (AvgIpc) is 2.92. The van der Waals surface area contributed by atoms with Crippen LogP contribution in [0.4, 0.5) is 0 Å². The second-order valence-corrected chi connectivity index (χ2v) is 5.36. The smallest absolute Gasteiger partial charge is 0.259 e. The van der Waals surface area contributed by atoms with Gasteiger partial charge in [-0.25, -0.2) is 0 Å². The van der Waals surface area contributed by atoms with Crippen molar-refractivity contribution in [3.05, 3.63) is 17.0 Å². The van der Waals surface area contributed by atoms with Gasteiger partial charge >= 0.3 is 0 Å². The molecule has 4 nitrogen and oxygen atoms in total. The molecule has 17 heavy (non-hydrogen) atoms. The van der Waals surface area contributed by atoms with Crippen LogP contribution < -0.4 is 0 Å². The maximum Gasteiger partial charge on any atom is 0.259 e. The molecule has 4 heteroatoms. The van der Waals surface area contributed by atoms with Crippen LogP contribution in [0.15, 0.2) is 4.52 Å². The molecule has 2 aliphatic rings. The first-order valence-corrected chi connectivity index (χ1v) is 6.39. The largest absolute Gasteiger partial charge is 0.361 e. The topological polar surface area (TPSA) is 46.3 Å². The van der Waals surface area contributed by atoms with Gasteiger partial charge in [0.15, 0.2) is 0 Å². The second-order valence-electron chi connectivity index (χ2n) is 5.36. The predicted molar refractivity (Wildman–Crippen MR) is 62.7 cm³/mol. The lowest BCUT2D eigenvalue weighted by Crippen LogP contribution is -2.30. The van der Waals surface area contributed by atoms with Gasteiger partial charge in [0.25, 0.3) is 5.91 Å². The Morgan fingerprint density at radius 2 is 1.94 bits per heavy atom. The molecule has 0 bridgehead atoms. The van der Waals surface area contributed by atoms with Crippen LogP contribution in [0, 0.1) is 25.7 Å².